The zero-order valence-corrected chi connectivity index (χ0v) is 30.8. The molecule has 14 heteroatoms. The van der Waals surface area contributed by atoms with Gasteiger partial charge in [0.25, 0.3) is 0 Å². The lowest BCUT2D eigenvalue weighted by Gasteiger charge is -2.48. The number of rotatable bonds is 2. The number of carbonyl (C=O) groups is 2. The molecule has 4 aromatic rings. The van der Waals surface area contributed by atoms with Crippen molar-refractivity contribution in [2.75, 3.05) is 16.8 Å². The van der Waals surface area contributed by atoms with Crippen molar-refractivity contribution in [2.45, 2.75) is 111 Å². The molecular formula is C37H40F2N6O5S. The number of thiophene rings is 1. The fourth-order valence-corrected chi connectivity index (χ4v) is 8.70. The molecule has 7 rings (SSSR count). The molecule has 268 valence electrons. The number of pyridine rings is 2. The Hall–Kier alpha value is -4.77. The van der Waals surface area contributed by atoms with Crippen LogP contribution in [0.1, 0.15) is 78.1 Å². The zero-order chi connectivity index (χ0) is 36.9. The normalized spacial score (nSPS) is 21.2. The van der Waals surface area contributed by atoms with Crippen LogP contribution >= 0.6 is 11.3 Å². The SMILES string of the molecule is Cc1nc2c3c(nc(-c4ccc(F)c5sc(NC(=O)OC(C)(C)C)c(C#N)c45)c(F)c3c1C)O[C@@H](C)[C@@H]1[C@@H]3CC[C@H](CN21)N3C(=O)OC(C)(C)C. The molecule has 0 radical (unpaired) electrons. The Morgan fingerprint density at radius 3 is 2.41 bits per heavy atom. The maximum absolute atomic E-state index is 17.2. The van der Waals surface area contributed by atoms with Crippen molar-refractivity contribution in [3.63, 3.8) is 0 Å². The Morgan fingerprint density at radius 2 is 1.75 bits per heavy atom. The summed E-state index contributed by atoms with van der Waals surface area (Å²) < 4.78 is 50.5. The number of carbonyl (C=O) groups excluding carboxylic acids is 2. The summed E-state index contributed by atoms with van der Waals surface area (Å²) >= 11 is 0.857. The number of aromatic nitrogens is 2. The summed E-state index contributed by atoms with van der Waals surface area (Å²) in [5, 5.41) is 13.7. The number of anilines is 2. The van der Waals surface area contributed by atoms with Gasteiger partial charge in [-0.05, 0) is 92.9 Å². The van der Waals surface area contributed by atoms with E-state index in [1.54, 1.807) is 27.7 Å². The van der Waals surface area contributed by atoms with Crippen molar-refractivity contribution in [2.24, 2.45) is 0 Å². The van der Waals surface area contributed by atoms with E-state index in [9.17, 15) is 14.9 Å². The Labute approximate surface area is 298 Å². The molecule has 11 nitrogen and oxygen atoms in total. The first kappa shape index (κ1) is 34.7. The van der Waals surface area contributed by atoms with Gasteiger partial charge in [0.05, 0.1) is 33.8 Å². The molecule has 2 amide bonds. The molecule has 2 fully saturated rings. The monoisotopic (exact) mass is 718 g/mol. The van der Waals surface area contributed by atoms with Gasteiger partial charge in [0, 0.05) is 28.6 Å². The largest absolute Gasteiger partial charge is 0.472 e. The van der Waals surface area contributed by atoms with Gasteiger partial charge in [-0.3, -0.25) is 10.2 Å². The highest BCUT2D eigenvalue weighted by atomic mass is 32.1. The van der Waals surface area contributed by atoms with Crippen molar-refractivity contribution < 1.29 is 32.6 Å². The minimum absolute atomic E-state index is 0.0458. The van der Waals surface area contributed by atoms with Crippen molar-refractivity contribution in [1.82, 2.24) is 14.9 Å². The second kappa shape index (κ2) is 11.9. The summed E-state index contributed by atoms with van der Waals surface area (Å²) in [6, 6.07) is 3.94. The molecule has 51 heavy (non-hydrogen) atoms. The average Bonchev–Trinajstić information content (AvgIpc) is 3.50. The summed E-state index contributed by atoms with van der Waals surface area (Å²) in [7, 11) is 0. The van der Waals surface area contributed by atoms with Gasteiger partial charge >= 0.3 is 12.2 Å². The smallest absolute Gasteiger partial charge is 0.412 e. The first-order valence-electron chi connectivity index (χ1n) is 17.0. The molecule has 1 N–H and O–H groups in total. The van der Waals surface area contributed by atoms with Gasteiger partial charge in [-0.1, -0.05) is 0 Å². The minimum Gasteiger partial charge on any atom is -0.472 e. The molecular weight excluding hydrogens is 679 g/mol. The van der Waals surface area contributed by atoms with E-state index in [0.29, 0.717) is 29.0 Å². The molecule has 0 saturated carbocycles. The van der Waals surface area contributed by atoms with E-state index in [2.05, 4.69) is 16.3 Å². The number of hydrogen-bond donors (Lipinski definition) is 1. The topological polar surface area (TPSA) is 130 Å². The summed E-state index contributed by atoms with van der Waals surface area (Å²) in [5.41, 5.74) is -0.309. The van der Waals surface area contributed by atoms with Crippen LogP contribution in [0, 0.1) is 36.8 Å². The van der Waals surface area contributed by atoms with Gasteiger partial charge in [-0.25, -0.2) is 28.3 Å². The number of nitrogens with zero attached hydrogens (tertiary/aromatic N) is 5. The van der Waals surface area contributed by atoms with E-state index in [1.165, 1.54) is 12.1 Å². The second-order valence-corrected chi connectivity index (χ2v) is 16.5. The number of nitrogens with one attached hydrogen (secondary N) is 1. The number of aryl methyl sites for hydroxylation is 2. The number of amides is 2. The van der Waals surface area contributed by atoms with E-state index >= 15 is 8.78 Å². The highest BCUT2D eigenvalue weighted by molar-refractivity contribution is 7.23. The van der Waals surface area contributed by atoms with E-state index in [1.807, 2.05) is 39.5 Å². The van der Waals surface area contributed by atoms with Crippen LogP contribution in [0.2, 0.25) is 0 Å². The molecule has 4 atom stereocenters. The van der Waals surface area contributed by atoms with Gasteiger partial charge in [0.15, 0.2) is 5.82 Å². The zero-order valence-electron chi connectivity index (χ0n) is 30.0. The fraction of sp³-hybridized carbons (Fsp3) is 0.486. The van der Waals surface area contributed by atoms with E-state index < -0.39 is 35.0 Å². The Kier molecular flexibility index (Phi) is 8.09. The number of halogens is 2. The van der Waals surface area contributed by atoms with Gasteiger partial charge in [-0.15, -0.1) is 11.3 Å². The van der Waals surface area contributed by atoms with Crippen LogP contribution in [0.4, 0.5) is 29.2 Å². The highest BCUT2D eigenvalue weighted by Gasteiger charge is 2.53. The van der Waals surface area contributed by atoms with Crippen molar-refractivity contribution in [3.05, 3.63) is 40.6 Å². The lowest BCUT2D eigenvalue weighted by Crippen LogP contribution is -2.65. The van der Waals surface area contributed by atoms with Gasteiger partial charge in [-0.2, -0.15) is 5.26 Å². The van der Waals surface area contributed by atoms with Crippen LogP contribution in [0.5, 0.6) is 5.88 Å². The van der Waals surface area contributed by atoms with E-state index in [-0.39, 0.29) is 67.4 Å². The molecule has 2 bridgehead atoms. The maximum atomic E-state index is 17.2. The number of piperazine rings is 1. The predicted molar refractivity (Wildman–Crippen MR) is 190 cm³/mol. The first-order valence-corrected chi connectivity index (χ1v) is 17.8. The van der Waals surface area contributed by atoms with Crippen LogP contribution in [0.25, 0.3) is 32.1 Å². The molecule has 3 aliphatic rings. The third-order valence-corrected chi connectivity index (χ3v) is 10.8. The Balaban J connectivity index is 1.40. The lowest BCUT2D eigenvalue weighted by atomic mass is 9.96. The predicted octanol–water partition coefficient (Wildman–Crippen LogP) is 8.36. The van der Waals surface area contributed by atoms with Gasteiger partial charge in [0.2, 0.25) is 5.88 Å². The van der Waals surface area contributed by atoms with Gasteiger partial charge < -0.3 is 19.1 Å². The number of benzene rings is 1. The van der Waals surface area contributed by atoms with Crippen LogP contribution in [-0.2, 0) is 9.47 Å². The molecule has 0 unspecified atom stereocenters. The van der Waals surface area contributed by atoms with Crippen molar-refractivity contribution >= 4 is 55.2 Å². The van der Waals surface area contributed by atoms with Crippen LogP contribution in [0.3, 0.4) is 0 Å². The van der Waals surface area contributed by atoms with Crippen LogP contribution < -0.4 is 15.0 Å². The standard InChI is InChI=1S/C37H40F2N6O5S/c1-16-17(2)41-31-26-24(16)27(39)28(20-11-12-22(38)30-25(20)21(14-40)33(51-30)43-34(46)49-36(4,5)6)42-32(26)48-18(3)29-23-13-10-19(15-44(29)31)45(23)35(47)50-37(7,8)9/h11-12,18-19,23,29H,10,13,15H2,1-9H3,(H,43,46)/t18-,19+,23-,29+/m0/s1. The molecule has 3 aliphatic heterocycles. The van der Waals surface area contributed by atoms with Crippen molar-refractivity contribution in [3.8, 4) is 23.2 Å². The summed E-state index contributed by atoms with van der Waals surface area (Å²) in [5.74, 6) is -0.645. The minimum atomic E-state index is -0.815. The van der Waals surface area contributed by atoms with Gasteiger partial charge in [0.1, 0.15) is 45.7 Å². The van der Waals surface area contributed by atoms with Crippen LogP contribution in [-0.4, -0.2) is 69.0 Å². The number of nitriles is 1. The molecule has 0 aliphatic carbocycles. The molecule has 2 saturated heterocycles. The quantitative estimate of drug-likeness (QED) is 0.217. The third-order valence-electron chi connectivity index (χ3n) is 9.65. The number of ether oxygens (including phenoxy) is 3. The summed E-state index contributed by atoms with van der Waals surface area (Å²) in [6.45, 7) is 16.6. The lowest BCUT2D eigenvalue weighted by molar-refractivity contribution is 0.000935. The first-order chi connectivity index (χ1) is 23.9. The second-order valence-electron chi connectivity index (χ2n) is 15.5. The number of fused-ring (bicyclic) bond motifs is 6. The number of hydrogen-bond acceptors (Lipinski definition) is 10. The van der Waals surface area contributed by atoms with E-state index in [0.717, 1.165) is 24.2 Å². The average molecular weight is 719 g/mol. The summed E-state index contributed by atoms with van der Waals surface area (Å²) in [4.78, 5) is 39.9. The Bertz CT molecular complexity index is 2190. The molecule has 3 aromatic heterocycles. The molecule has 0 spiro atoms. The van der Waals surface area contributed by atoms with E-state index in [4.69, 9.17) is 24.2 Å². The molecule has 1 aromatic carbocycles. The maximum Gasteiger partial charge on any atom is 0.412 e. The molecule has 6 heterocycles. The summed E-state index contributed by atoms with van der Waals surface area (Å²) in [6.07, 6.45) is -0.191. The highest BCUT2D eigenvalue weighted by Crippen LogP contribution is 2.49. The van der Waals surface area contributed by atoms with Crippen LogP contribution in [0.15, 0.2) is 12.1 Å². The van der Waals surface area contributed by atoms with Crippen molar-refractivity contribution in [1.29, 1.82) is 5.26 Å². The third kappa shape index (κ3) is 5.75. The Morgan fingerprint density at radius 1 is 1.04 bits per heavy atom. The fourth-order valence-electron chi connectivity index (χ4n) is 7.63.